The molecule has 0 radical (unpaired) electrons. The number of anilines is 1. The molecule has 0 aliphatic heterocycles. The second-order valence-electron chi connectivity index (χ2n) is 3.04. The Morgan fingerprint density at radius 3 is 2.85 bits per heavy atom. The Hall–Kier alpha value is -1.35. The molecule has 2 rings (SSSR count). The zero-order chi connectivity index (χ0) is 9.42. The Morgan fingerprint density at radius 2 is 2.15 bits per heavy atom. The molecule has 1 aromatic heterocycles. The lowest BCUT2D eigenvalue weighted by molar-refractivity contribution is 0.112. The molecule has 3 heteroatoms. The van der Waals surface area contributed by atoms with Crippen molar-refractivity contribution in [3.63, 3.8) is 0 Å². The quantitative estimate of drug-likeness (QED) is 0.556. The lowest BCUT2D eigenvalue weighted by atomic mass is 10.1. The van der Waals surface area contributed by atoms with Gasteiger partial charge in [0.05, 0.1) is 9.58 Å². The van der Waals surface area contributed by atoms with E-state index >= 15 is 0 Å². The van der Waals surface area contributed by atoms with Gasteiger partial charge >= 0.3 is 0 Å². The molecule has 1 aromatic carbocycles. The number of benzene rings is 1. The molecule has 1 heterocycles. The molecule has 0 bridgehead atoms. The number of rotatable bonds is 1. The van der Waals surface area contributed by atoms with E-state index in [2.05, 4.69) is 0 Å². The number of nitrogens with two attached hydrogens (primary N) is 1. The van der Waals surface area contributed by atoms with Gasteiger partial charge in [0.1, 0.15) is 0 Å². The second-order valence-corrected chi connectivity index (χ2v) is 4.12. The minimum atomic E-state index is 0.729. The Labute approximate surface area is 80.0 Å². The third-order valence-corrected chi connectivity index (χ3v) is 3.05. The summed E-state index contributed by atoms with van der Waals surface area (Å²) >= 11 is 1.44. The van der Waals surface area contributed by atoms with Gasteiger partial charge in [-0.25, -0.2) is 0 Å². The predicted molar refractivity (Wildman–Crippen MR) is 56.4 cm³/mol. The minimum Gasteiger partial charge on any atom is -0.398 e. The number of hydrogen-bond donors (Lipinski definition) is 1. The molecule has 2 nitrogen and oxygen atoms in total. The first kappa shape index (κ1) is 8.26. The molecule has 0 saturated carbocycles. The van der Waals surface area contributed by atoms with Gasteiger partial charge in [0.2, 0.25) is 0 Å². The van der Waals surface area contributed by atoms with Gasteiger partial charge in [-0.15, -0.1) is 11.3 Å². The number of carbonyl (C=O) groups excluding carboxylic acids is 1. The lowest BCUT2D eigenvalue weighted by Crippen LogP contribution is -1.84. The summed E-state index contributed by atoms with van der Waals surface area (Å²) in [5, 5.41) is 1.06. The summed E-state index contributed by atoms with van der Waals surface area (Å²) in [5.41, 5.74) is 7.70. The van der Waals surface area contributed by atoms with Crippen molar-refractivity contribution in [1.82, 2.24) is 0 Å². The SMILES string of the molecule is Cc1cc(N)c2sc(C=O)cc2c1. The standard InChI is InChI=1S/C10H9NOS/c1-6-2-7-4-8(5-12)13-10(7)9(11)3-6/h2-5H,11H2,1H3. The third kappa shape index (κ3) is 1.31. The molecule has 0 spiro atoms. The van der Waals surface area contributed by atoms with Crippen molar-refractivity contribution in [3.8, 4) is 0 Å². The van der Waals surface area contributed by atoms with Gasteiger partial charge in [-0.3, -0.25) is 4.79 Å². The molecule has 0 unspecified atom stereocenters. The number of nitrogen functional groups attached to an aromatic ring is 1. The fourth-order valence-corrected chi connectivity index (χ4v) is 2.30. The zero-order valence-corrected chi connectivity index (χ0v) is 8.02. The first-order valence-electron chi connectivity index (χ1n) is 3.95. The van der Waals surface area contributed by atoms with Crippen LogP contribution in [0.1, 0.15) is 15.2 Å². The summed E-state index contributed by atoms with van der Waals surface area (Å²) in [6, 6.07) is 5.83. The van der Waals surface area contributed by atoms with Gasteiger partial charge in [-0.1, -0.05) is 6.07 Å². The summed E-state index contributed by atoms with van der Waals surface area (Å²) in [7, 11) is 0. The zero-order valence-electron chi connectivity index (χ0n) is 7.20. The van der Waals surface area contributed by atoms with Crippen LogP contribution < -0.4 is 5.73 Å². The van der Waals surface area contributed by atoms with E-state index in [9.17, 15) is 4.79 Å². The number of fused-ring (bicyclic) bond motifs is 1. The Morgan fingerprint density at radius 1 is 1.38 bits per heavy atom. The van der Waals surface area contributed by atoms with E-state index in [0.717, 1.165) is 32.5 Å². The maximum atomic E-state index is 10.5. The molecule has 2 aromatic rings. The normalized spacial score (nSPS) is 10.5. The largest absolute Gasteiger partial charge is 0.398 e. The van der Waals surface area contributed by atoms with Gasteiger partial charge in [0.15, 0.2) is 6.29 Å². The highest BCUT2D eigenvalue weighted by atomic mass is 32.1. The summed E-state index contributed by atoms with van der Waals surface area (Å²) in [6.07, 6.45) is 0.861. The van der Waals surface area contributed by atoms with E-state index in [0.29, 0.717) is 0 Å². The summed E-state index contributed by atoms with van der Waals surface area (Å²) in [5.74, 6) is 0. The van der Waals surface area contributed by atoms with Crippen LogP contribution in [0.5, 0.6) is 0 Å². The topological polar surface area (TPSA) is 43.1 Å². The third-order valence-electron chi connectivity index (χ3n) is 1.92. The number of thiophene rings is 1. The molecule has 2 N–H and O–H groups in total. The fourth-order valence-electron chi connectivity index (χ4n) is 1.41. The Balaban J connectivity index is 2.82. The van der Waals surface area contributed by atoms with Gasteiger partial charge < -0.3 is 5.73 Å². The van der Waals surface area contributed by atoms with E-state index in [1.54, 1.807) is 0 Å². The van der Waals surface area contributed by atoms with E-state index in [4.69, 9.17) is 5.73 Å². The van der Waals surface area contributed by atoms with Crippen LogP contribution in [0.4, 0.5) is 5.69 Å². The molecule has 13 heavy (non-hydrogen) atoms. The van der Waals surface area contributed by atoms with Gasteiger partial charge in [-0.05, 0) is 30.0 Å². The van der Waals surface area contributed by atoms with E-state index in [-0.39, 0.29) is 0 Å². The van der Waals surface area contributed by atoms with Crippen molar-refractivity contribution < 1.29 is 4.79 Å². The summed E-state index contributed by atoms with van der Waals surface area (Å²) in [4.78, 5) is 11.3. The smallest absolute Gasteiger partial charge is 0.160 e. The minimum absolute atomic E-state index is 0.729. The maximum absolute atomic E-state index is 10.5. The highest BCUT2D eigenvalue weighted by Crippen LogP contribution is 2.30. The Kier molecular flexibility index (Phi) is 1.81. The van der Waals surface area contributed by atoms with Crippen LogP contribution in [-0.4, -0.2) is 6.29 Å². The van der Waals surface area contributed by atoms with Gasteiger partial charge in [-0.2, -0.15) is 0 Å². The van der Waals surface area contributed by atoms with Gasteiger partial charge in [0.25, 0.3) is 0 Å². The van der Waals surface area contributed by atoms with Crippen molar-refractivity contribution in [1.29, 1.82) is 0 Å². The maximum Gasteiger partial charge on any atom is 0.160 e. The number of hydrogen-bond acceptors (Lipinski definition) is 3. The predicted octanol–water partition coefficient (Wildman–Crippen LogP) is 2.60. The van der Waals surface area contributed by atoms with Crippen LogP contribution in [0.3, 0.4) is 0 Å². The molecular formula is C10H9NOS. The molecular weight excluding hydrogens is 182 g/mol. The average Bonchev–Trinajstić information content (AvgIpc) is 2.47. The molecule has 0 amide bonds. The molecule has 0 fully saturated rings. The van der Waals surface area contributed by atoms with Crippen molar-refractivity contribution in [2.75, 3.05) is 5.73 Å². The van der Waals surface area contributed by atoms with Crippen LogP contribution in [0.15, 0.2) is 18.2 Å². The highest BCUT2D eigenvalue weighted by molar-refractivity contribution is 7.21. The van der Waals surface area contributed by atoms with Crippen LogP contribution in [0.2, 0.25) is 0 Å². The highest BCUT2D eigenvalue weighted by Gasteiger charge is 2.04. The Bertz CT molecular complexity index is 473. The summed E-state index contributed by atoms with van der Waals surface area (Å²) < 4.78 is 1.01. The first-order valence-corrected chi connectivity index (χ1v) is 4.77. The number of aryl methyl sites for hydroxylation is 1. The van der Waals surface area contributed by atoms with E-state index in [1.807, 2.05) is 25.1 Å². The molecule has 0 aliphatic rings. The first-order chi connectivity index (χ1) is 6.20. The number of carbonyl (C=O) groups is 1. The molecule has 0 saturated heterocycles. The van der Waals surface area contributed by atoms with E-state index < -0.39 is 0 Å². The van der Waals surface area contributed by atoms with Crippen molar-refractivity contribution in [2.45, 2.75) is 6.92 Å². The lowest BCUT2D eigenvalue weighted by Gasteiger charge is -1.97. The summed E-state index contributed by atoms with van der Waals surface area (Å²) in [6.45, 7) is 1.99. The van der Waals surface area contributed by atoms with Crippen LogP contribution in [0.25, 0.3) is 10.1 Å². The molecule has 0 atom stereocenters. The van der Waals surface area contributed by atoms with Crippen LogP contribution in [0, 0.1) is 6.92 Å². The van der Waals surface area contributed by atoms with Crippen LogP contribution in [-0.2, 0) is 0 Å². The monoisotopic (exact) mass is 191 g/mol. The van der Waals surface area contributed by atoms with E-state index in [1.165, 1.54) is 11.3 Å². The average molecular weight is 191 g/mol. The second kappa shape index (κ2) is 2.85. The van der Waals surface area contributed by atoms with Crippen molar-refractivity contribution in [2.24, 2.45) is 0 Å². The van der Waals surface area contributed by atoms with Crippen molar-refractivity contribution >= 4 is 33.4 Å². The van der Waals surface area contributed by atoms with Gasteiger partial charge in [0, 0.05) is 5.69 Å². The molecule has 0 aliphatic carbocycles. The fraction of sp³-hybridized carbons (Fsp3) is 0.100. The van der Waals surface area contributed by atoms with Crippen molar-refractivity contribution in [3.05, 3.63) is 28.6 Å². The van der Waals surface area contributed by atoms with Crippen LogP contribution >= 0.6 is 11.3 Å². The number of aldehydes is 1. The molecule has 66 valence electrons.